The highest BCUT2D eigenvalue weighted by atomic mass is 15.2. The lowest BCUT2D eigenvalue weighted by molar-refractivity contribution is 0.0920. The highest BCUT2D eigenvalue weighted by Crippen LogP contribution is 2.27. The molecule has 0 spiro atoms. The summed E-state index contributed by atoms with van der Waals surface area (Å²) >= 11 is 0. The highest BCUT2D eigenvalue weighted by molar-refractivity contribution is 4.89. The Labute approximate surface area is 114 Å². The van der Waals surface area contributed by atoms with Gasteiger partial charge >= 0.3 is 0 Å². The first-order chi connectivity index (χ1) is 8.85. The molecule has 18 heavy (non-hydrogen) atoms. The van der Waals surface area contributed by atoms with Crippen LogP contribution >= 0.6 is 0 Å². The van der Waals surface area contributed by atoms with Crippen molar-refractivity contribution in [2.45, 2.75) is 77.3 Å². The molecule has 3 atom stereocenters. The molecule has 1 aliphatic heterocycles. The second-order valence-electron chi connectivity index (χ2n) is 6.28. The van der Waals surface area contributed by atoms with Crippen molar-refractivity contribution in [3.63, 3.8) is 0 Å². The van der Waals surface area contributed by atoms with Crippen LogP contribution in [0.2, 0.25) is 0 Å². The minimum absolute atomic E-state index is 0.758. The van der Waals surface area contributed by atoms with E-state index in [1.54, 1.807) is 0 Å². The fourth-order valence-electron chi connectivity index (χ4n) is 3.96. The van der Waals surface area contributed by atoms with Crippen LogP contribution in [0.15, 0.2) is 0 Å². The van der Waals surface area contributed by atoms with Gasteiger partial charge in [0.05, 0.1) is 0 Å². The van der Waals surface area contributed by atoms with Crippen molar-refractivity contribution >= 4 is 0 Å². The van der Waals surface area contributed by atoms with Crippen molar-refractivity contribution in [2.24, 2.45) is 5.92 Å². The lowest BCUT2D eigenvalue weighted by Gasteiger charge is -2.41. The molecular weight excluding hydrogens is 220 g/mol. The van der Waals surface area contributed by atoms with Crippen LogP contribution in [-0.4, -0.2) is 36.6 Å². The first-order valence-corrected chi connectivity index (χ1v) is 8.32. The van der Waals surface area contributed by atoms with Gasteiger partial charge in [0.25, 0.3) is 0 Å². The molecule has 0 amide bonds. The number of hydrogen-bond donors (Lipinski definition) is 1. The molecule has 1 aliphatic carbocycles. The molecule has 1 saturated carbocycles. The average molecular weight is 252 g/mol. The molecule has 2 nitrogen and oxygen atoms in total. The zero-order chi connectivity index (χ0) is 12.8. The number of piperidine rings is 1. The molecule has 0 bridgehead atoms. The standard InChI is InChI=1S/C16H32N2/c1-3-14-9-8-12-18(13-14)16-11-7-5-6-10-15(16)17-4-2/h14-17H,3-13H2,1-2H3. The summed E-state index contributed by atoms with van der Waals surface area (Å²) in [5.41, 5.74) is 0. The Morgan fingerprint density at radius 2 is 1.83 bits per heavy atom. The molecule has 106 valence electrons. The zero-order valence-corrected chi connectivity index (χ0v) is 12.5. The first-order valence-electron chi connectivity index (χ1n) is 8.32. The molecule has 2 fully saturated rings. The van der Waals surface area contributed by atoms with E-state index in [1.165, 1.54) is 64.5 Å². The Morgan fingerprint density at radius 3 is 2.61 bits per heavy atom. The molecule has 0 aromatic carbocycles. The Balaban J connectivity index is 1.97. The molecular formula is C16H32N2. The van der Waals surface area contributed by atoms with Crippen LogP contribution in [0.1, 0.15) is 65.2 Å². The molecule has 0 aromatic rings. The van der Waals surface area contributed by atoms with E-state index >= 15 is 0 Å². The molecule has 1 N–H and O–H groups in total. The third kappa shape index (κ3) is 3.71. The monoisotopic (exact) mass is 252 g/mol. The first kappa shape index (κ1) is 14.3. The Hall–Kier alpha value is -0.0800. The van der Waals surface area contributed by atoms with Crippen LogP contribution in [0.25, 0.3) is 0 Å². The molecule has 1 heterocycles. The third-order valence-electron chi connectivity index (χ3n) is 5.04. The molecule has 2 heteroatoms. The molecule has 2 aliphatic rings. The summed E-state index contributed by atoms with van der Waals surface area (Å²) in [6, 6.07) is 1.58. The quantitative estimate of drug-likeness (QED) is 0.771. The van der Waals surface area contributed by atoms with Crippen LogP contribution in [0.4, 0.5) is 0 Å². The van der Waals surface area contributed by atoms with E-state index in [-0.39, 0.29) is 0 Å². The van der Waals surface area contributed by atoms with Crippen molar-refractivity contribution in [2.75, 3.05) is 19.6 Å². The smallest absolute Gasteiger partial charge is 0.0249 e. The zero-order valence-electron chi connectivity index (χ0n) is 12.5. The van der Waals surface area contributed by atoms with Crippen molar-refractivity contribution in [1.82, 2.24) is 10.2 Å². The second kappa shape index (κ2) is 7.49. The van der Waals surface area contributed by atoms with E-state index in [1.807, 2.05) is 0 Å². The van der Waals surface area contributed by atoms with Crippen LogP contribution in [0.5, 0.6) is 0 Å². The molecule has 3 unspecified atom stereocenters. The van der Waals surface area contributed by atoms with Gasteiger partial charge in [-0.15, -0.1) is 0 Å². The minimum Gasteiger partial charge on any atom is -0.313 e. The summed E-state index contributed by atoms with van der Waals surface area (Å²) in [4.78, 5) is 2.83. The van der Waals surface area contributed by atoms with Gasteiger partial charge in [0, 0.05) is 18.6 Å². The van der Waals surface area contributed by atoms with E-state index in [4.69, 9.17) is 0 Å². The van der Waals surface area contributed by atoms with Crippen molar-refractivity contribution in [3.8, 4) is 0 Å². The van der Waals surface area contributed by atoms with Crippen LogP contribution in [0, 0.1) is 5.92 Å². The fraction of sp³-hybridized carbons (Fsp3) is 1.00. The SMILES string of the molecule is CCNC1CCCCCC1N1CCCC(CC)C1. The van der Waals surface area contributed by atoms with Crippen LogP contribution in [-0.2, 0) is 0 Å². The molecule has 0 radical (unpaired) electrons. The Kier molecular flexibility index (Phi) is 5.97. The van der Waals surface area contributed by atoms with E-state index in [0.29, 0.717) is 0 Å². The largest absolute Gasteiger partial charge is 0.313 e. The average Bonchev–Trinajstić information content (AvgIpc) is 2.65. The summed E-state index contributed by atoms with van der Waals surface area (Å²) in [7, 11) is 0. The molecule has 0 aromatic heterocycles. The van der Waals surface area contributed by atoms with E-state index in [0.717, 1.165) is 24.5 Å². The van der Waals surface area contributed by atoms with E-state index in [2.05, 4.69) is 24.1 Å². The lowest BCUT2D eigenvalue weighted by atomic mass is 9.91. The van der Waals surface area contributed by atoms with E-state index < -0.39 is 0 Å². The predicted octanol–water partition coefficient (Wildman–Crippen LogP) is 3.42. The fourth-order valence-corrected chi connectivity index (χ4v) is 3.96. The normalized spacial score (nSPS) is 35.3. The molecule has 2 rings (SSSR count). The summed E-state index contributed by atoms with van der Waals surface area (Å²) in [6.07, 6.45) is 11.4. The topological polar surface area (TPSA) is 15.3 Å². The lowest BCUT2D eigenvalue weighted by Crippen LogP contribution is -2.52. The maximum atomic E-state index is 3.76. The number of nitrogens with zero attached hydrogens (tertiary/aromatic N) is 1. The van der Waals surface area contributed by atoms with Gasteiger partial charge in [-0.1, -0.05) is 39.5 Å². The summed E-state index contributed by atoms with van der Waals surface area (Å²) in [5, 5.41) is 3.76. The number of likely N-dealkylation sites (tertiary alicyclic amines) is 1. The predicted molar refractivity (Wildman–Crippen MR) is 78.9 cm³/mol. The van der Waals surface area contributed by atoms with Gasteiger partial charge in [0.2, 0.25) is 0 Å². The number of nitrogens with one attached hydrogen (secondary N) is 1. The number of hydrogen-bond acceptors (Lipinski definition) is 2. The summed E-state index contributed by atoms with van der Waals surface area (Å²) in [6.45, 7) is 8.47. The summed E-state index contributed by atoms with van der Waals surface area (Å²) in [5.74, 6) is 0.962. The number of likely N-dealkylation sites (N-methyl/N-ethyl adjacent to an activating group) is 1. The maximum absolute atomic E-state index is 3.76. The minimum atomic E-state index is 0.758. The van der Waals surface area contributed by atoms with Crippen molar-refractivity contribution < 1.29 is 0 Å². The molecule has 1 saturated heterocycles. The highest BCUT2D eigenvalue weighted by Gasteiger charge is 2.31. The van der Waals surface area contributed by atoms with Gasteiger partial charge in [-0.2, -0.15) is 0 Å². The van der Waals surface area contributed by atoms with E-state index in [9.17, 15) is 0 Å². The van der Waals surface area contributed by atoms with Crippen LogP contribution in [0.3, 0.4) is 0 Å². The van der Waals surface area contributed by atoms with Gasteiger partial charge in [0.1, 0.15) is 0 Å². The second-order valence-corrected chi connectivity index (χ2v) is 6.28. The van der Waals surface area contributed by atoms with Gasteiger partial charge < -0.3 is 5.32 Å². The number of rotatable bonds is 4. The third-order valence-corrected chi connectivity index (χ3v) is 5.04. The van der Waals surface area contributed by atoms with Gasteiger partial charge in [0.15, 0.2) is 0 Å². The van der Waals surface area contributed by atoms with Gasteiger partial charge in [-0.05, 0) is 44.7 Å². The van der Waals surface area contributed by atoms with Crippen LogP contribution < -0.4 is 5.32 Å². The Morgan fingerprint density at radius 1 is 1.00 bits per heavy atom. The van der Waals surface area contributed by atoms with Crippen molar-refractivity contribution in [1.29, 1.82) is 0 Å². The van der Waals surface area contributed by atoms with Gasteiger partial charge in [-0.3, -0.25) is 4.90 Å². The Bertz CT molecular complexity index is 229. The maximum Gasteiger partial charge on any atom is 0.0249 e. The van der Waals surface area contributed by atoms with Gasteiger partial charge in [-0.25, -0.2) is 0 Å². The van der Waals surface area contributed by atoms with Crippen molar-refractivity contribution in [3.05, 3.63) is 0 Å². The summed E-state index contributed by atoms with van der Waals surface area (Å²) < 4.78 is 0.